The van der Waals surface area contributed by atoms with Gasteiger partial charge in [-0.2, -0.15) is 0 Å². The molecular weight excluding hydrogens is 781 g/mol. The quantitative estimate of drug-likeness (QED) is 0.0347. The largest absolute Gasteiger partial charge is 0.300 e. The van der Waals surface area contributed by atoms with Gasteiger partial charge in [-0.1, -0.05) is 237 Å². The van der Waals surface area contributed by atoms with Crippen LogP contribution in [0.4, 0.5) is 0 Å². The van der Waals surface area contributed by atoms with Crippen LogP contribution in [-0.4, -0.2) is 58.7 Å². The fraction of sp³-hybridized carbons (Fsp3) is 0.964. The van der Waals surface area contributed by atoms with Gasteiger partial charge in [0.15, 0.2) is 0 Å². The van der Waals surface area contributed by atoms with E-state index in [-0.39, 0.29) is 11.6 Å². The van der Waals surface area contributed by atoms with Gasteiger partial charge in [0.25, 0.3) is 0 Å². The Labute approximate surface area is 393 Å². The zero-order valence-corrected chi connectivity index (χ0v) is 43.7. The van der Waals surface area contributed by atoms with Crippen LogP contribution in [0.15, 0.2) is 0 Å². The van der Waals surface area contributed by atoms with E-state index in [1.54, 1.807) is 0 Å². The van der Waals surface area contributed by atoms with E-state index in [1.165, 1.54) is 257 Å². The second-order valence-electron chi connectivity index (χ2n) is 20.2. The van der Waals surface area contributed by atoms with Gasteiger partial charge < -0.3 is 0 Å². The Morgan fingerprint density at radius 3 is 0.903 bits per heavy atom. The topological polar surface area (TPSA) is 43.4 Å². The predicted molar refractivity (Wildman–Crippen MR) is 274 cm³/mol. The van der Waals surface area contributed by atoms with Gasteiger partial charge in [-0.05, 0) is 38.5 Å². The number of rotatable bonds is 44. The molecule has 0 aromatic rings. The predicted octanol–water partition coefficient (Wildman–Crippen LogP) is 18.5. The summed E-state index contributed by atoms with van der Waals surface area (Å²) >= 11 is 1.96. The molecule has 0 bridgehead atoms. The molecule has 1 rings (SSSR count). The molecule has 1 saturated heterocycles. The lowest BCUT2D eigenvalue weighted by Gasteiger charge is -2.42. The molecule has 0 spiro atoms. The van der Waals surface area contributed by atoms with Crippen LogP contribution in [0.1, 0.15) is 310 Å². The Balaban J connectivity index is 3.22. The molecule has 1 aliphatic rings. The Kier molecular flexibility index (Phi) is 42.7. The van der Waals surface area contributed by atoms with E-state index in [0.717, 1.165) is 38.5 Å². The van der Waals surface area contributed by atoms with Crippen molar-refractivity contribution in [1.29, 1.82) is 0 Å². The molecule has 0 radical (unpaired) electrons. The van der Waals surface area contributed by atoms with Crippen molar-refractivity contribution in [2.75, 3.05) is 38.5 Å². The van der Waals surface area contributed by atoms with E-state index in [0.29, 0.717) is 34.4 Å². The number of carbonyl (C=O) groups excluding carboxylic acids is 2. The SMILES string of the molecule is CCCCCCCCCCCC[N+]1(CCCCCCCCCCCC)CCC(=O)CCC(=O)CCS[N+](CCCCCCCCCCCC)(CCCCCCCCCCCC)O1. The molecule has 1 aliphatic heterocycles. The number of hydrogen-bond donors (Lipinski definition) is 0. The molecule has 1 fully saturated rings. The molecule has 0 aliphatic carbocycles. The molecule has 0 aromatic carbocycles. The van der Waals surface area contributed by atoms with E-state index in [4.69, 9.17) is 4.94 Å². The van der Waals surface area contributed by atoms with E-state index in [9.17, 15) is 9.59 Å². The monoisotopic (exact) mass is 893 g/mol. The van der Waals surface area contributed by atoms with Crippen LogP contribution in [0.2, 0.25) is 0 Å². The maximum atomic E-state index is 13.5. The number of carbonyl (C=O) groups is 2. The molecule has 5 nitrogen and oxygen atoms in total. The minimum absolute atomic E-state index is 0.263. The van der Waals surface area contributed by atoms with Gasteiger partial charge in [0.1, 0.15) is 56.2 Å². The summed E-state index contributed by atoms with van der Waals surface area (Å²) in [4.78, 5) is 34.5. The van der Waals surface area contributed by atoms with Crippen LogP contribution in [0, 0.1) is 0 Å². The smallest absolute Gasteiger partial charge is 0.139 e. The maximum Gasteiger partial charge on any atom is 0.139 e. The van der Waals surface area contributed by atoms with Crippen LogP contribution < -0.4 is 0 Å². The van der Waals surface area contributed by atoms with E-state index < -0.39 is 0 Å². The Hall–Kier alpha value is -0.430. The standard InChI is InChI=1S/C56H112N2O3S/c1-5-9-13-17-21-25-29-33-37-41-49-57(50-42-38-34-30-26-22-18-14-10-6-2)53-47-55(59)45-46-56(60)48-54-62-58(61-57,51-43-39-35-31-27-23-19-15-11-7-3)52-44-40-36-32-28-24-20-16-12-8-4/h5-54H2,1-4H3/q+2. The lowest BCUT2D eigenvalue weighted by atomic mass is 10.1. The lowest BCUT2D eigenvalue weighted by Crippen LogP contribution is -2.60. The maximum absolute atomic E-state index is 13.5. The molecule has 6 heteroatoms. The van der Waals surface area contributed by atoms with E-state index in [1.807, 2.05) is 11.9 Å². The molecule has 62 heavy (non-hydrogen) atoms. The first-order valence-electron chi connectivity index (χ1n) is 28.6. The van der Waals surface area contributed by atoms with Crippen LogP contribution in [-0.2, 0) is 14.5 Å². The normalized spacial score (nSPS) is 16.1. The number of quaternary nitrogens is 2. The fourth-order valence-electron chi connectivity index (χ4n) is 9.76. The third-order valence-corrected chi connectivity index (χ3v) is 15.3. The molecule has 0 atom stereocenters. The summed E-state index contributed by atoms with van der Waals surface area (Å²) in [5, 5.41) is 0. The third-order valence-electron chi connectivity index (χ3n) is 14.1. The van der Waals surface area contributed by atoms with Gasteiger partial charge in [0.2, 0.25) is 0 Å². The van der Waals surface area contributed by atoms with Gasteiger partial charge in [-0.3, -0.25) is 9.59 Å². The van der Waals surface area contributed by atoms with Crippen molar-refractivity contribution in [2.45, 2.75) is 310 Å². The van der Waals surface area contributed by atoms with Crippen LogP contribution in [0.5, 0.6) is 0 Å². The first-order chi connectivity index (χ1) is 30.4. The second kappa shape index (κ2) is 44.4. The van der Waals surface area contributed by atoms with Gasteiger partial charge in [-0.25, -0.2) is 0 Å². The summed E-state index contributed by atoms with van der Waals surface area (Å²) in [7, 11) is 0. The molecule has 1 heterocycles. The summed E-state index contributed by atoms with van der Waals surface area (Å²) in [6, 6.07) is 0. The zero-order valence-electron chi connectivity index (χ0n) is 42.9. The van der Waals surface area contributed by atoms with E-state index in [2.05, 4.69) is 27.7 Å². The van der Waals surface area contributed by atoms with Crippen molar-refractivity contribution in [3.05, 3.63) is 0 Å². The van der Waals surface area contributed by atoms with Gasteiger partial charge >= 0.3 is 0 Å². The zero-order chi connectivity index (χ0) is 44.9. The number of nitrogens with zero attached hydrogens (tertiary/aromatic N) is 2. The highest BCUT2D eigenvalue weighted by Crippen LogP contribution is 2.34. The number of ketones is 2. The van der Waals surface area contributed by atoms with Crippen molar-refractivity contribution in [3.8, 4) is 0 Å². The molecular formula is C56H112N2O3S+2. The highest BCUT2D eigenvalue weighted by atomic mass is 32.2. The average molecular weight is 894 g/mol. The fourth-order valence-corrected chi connectivity index (χ4v) is 11.1. The number of hydrogen-bond acceptors (Lipinski definition) is 4. The number of unbranched alkanes of at least 4 members (excludes halogenated alkanes) is 36. The van der Waals surface area contributed by atoms with Crippen molar-refractivity contribution in [2.24, 2.45) is 0 Å². The summed E-state index contributed by atoms with van der Waals surface area (Å²) < 4.78 is 1.28. The first kappa shape index (κ1) is 59.6. The summed E-state index contributed by atoms with van der Waals surface area (Å²) in [6.45, 7) is 14.1. The molecule has 0 unspecified atom stereocenters. The Bertz CT molecular complexity index is 927. The lowest BCUT2D eigenvalue weighted by molar-refractivity contribution is -1.30. The Morgan fingerprint density at radius 1 is 0.339 bits per heavy atom. The molecule has 368 valence electrons. The third kappa shape index (κ3) is 35.8. The minimum atomic E-state index is 0.263. The summed E-state index contributed by atoms with van der Waals surface area (Å²) in [6.07, 6.45) is 55.5. The van der Waals surface area contributed by atoms with Gasteiger partial charge in [0.05, 0.1) is 12.2 Å². The van der Waals surface area contributed by atoms with Gasteiger partial charge in [0, 0.05) is 37.0 Å². The number of hydroxylamine groups is 5. The van der Waals surface area contributed by atoms with Crippen molar-refractivity contribution in [1.82, 2.24) is 0 Å². The van der Waals surface area contributed by atoms with E-state index >= 15 is 0 Å². The van der Waals surface area contributed by atoms with Crippen LogP contribution in [0.25, 0.3) is 0 Å². The molecule has 0 saturated carbocycles. The van der Waals surface area contributed by atoms with Crippen molar-refractivity contribution >= 4 is 23.5 Å². The van der Waals surface area contributed by atoms with Crippen LogP contribution >= 0.6 is 11.9 Å². The van der Waals surface area contributed by atoms with Crippen LogP contribution in [0.3, 0.4) is 0 Å². The molecule has 0 amide bonds. The number of Topliss-reactive ketones (excluding diaryl/α,β-unsaturated/α-hetero) is 2. The minimum Gasteiger partial charge on any atom is -0.300 e. The highest BCUT2D eigenvalue weighted by Gasteiger charge is 2.45. The Morgan fingerprint density at radius 2 is 0.597 bits per heavy atom. The molecule has 0 N–H and O–H groups in total. The van der Waals surface area contributed by atoms with Crippen molar-refractivity contribution < 1.29 is 23.2 Å². The molecule has 0 aromatic heterocycles. The van der Waals surface area contributed by atoms with Crippen molar-refractivity contribution in [3.63, 3.8) is 0 Å². The summed E-state index contributed by atoms with van der Waals surface area (Å²) in [5.74, 6) is 1.34. The highest BCUT2D eigenvalue weighted by molar-refractivity contribution is 7.93. The summed E-state index contributed by atoms with van der Waals surface area (Å²) in [5.41, 5.74) is 0. The first-order valence-corrected chi connectivity index (χ1v) is 29.5. The van der Waals surface area contributed by atoms with Gasteiger partial charge in [-0.15, -0.1) is 4.65 Å². The second-order valence-corrected chi connectivity index (χ2v) is 21.5. The average Bonchev–Trinajstić information content (AvgIpc) is 3.27.